The van der Waals surface area contributed by atoms with Gasteiger partial charge in [-0.3, -0.25) is 9.69 Å². The van der Waals surface area contributed by atoms with Crippen molar-refractivity contribution < 1.29 is 9.53 Å². The van der Waals surface area contributed by atoms with Gasteiger partial charge in [-0.15, -0.1) is 11.3 Å². The number of aromatic nitrogens is 1. The number of carbonyl (C=O) groups is 1. The van der Waals surface area contributed by atoms with E-state index in [1.165, 1.54) is 5.56 Å². The number of hydrogen-bond donors (Lipinski definition) is 0. The molecule has 1 amide bonds. The number of rotatable bonds is 5. The van der Waals surface area contributed by atoms with Crippen LogP contribution in [0.2, 0.25) is 0 Å². The van der Waals surface area contributed by atoms with Gasteiger partial charge in [0, 0.05) is 38.3 Å². The summed E-state index contributed by atoms with van der Waals surface area (Å²) in [5, 5.41) is 2.94. The van der Waals surface area contributed by atoms with Crippen molar-refractivity contribution in [2.45, 2.75) is 19.6 Å². The van der Waals surface area contributed by atoms with Gasteiger partial charge in [0.1, 0.15) is 11.1 Å². The van der Waals surface area contributed by atoms with Crippen LogP contribution in [-0.2, 0) is 16.1 Å². The molecule has 1 atom stereocenters. The van der Waals surface area contributed by atoms with Crippen LogP contribution in [0.4, 0.5) is 0 Å². The van der Waals surface area contributed by atoms with Gasteiger partial charge in [0.05, 0.1) is 13.2 Å². The Morgan fingerprint density at radius 2 is 2.21 bits per heavy atom. The van der Waals surface area contributed by atoms with Crippen molar-refractivity contribution in [3.05, 3.63) is 52.0 Å². The molecule has 2 heterocycles. The minimum absolute atomic E-state index is 0.0195. The molecule has 1 unspecified atom stereocenters. The first-order valence-electron chi connectivity index (χ1n) is 8.14. The van der Waals surface area contributed by atoms with E-state index >= 15 is 0 Å². The molecule has 24 heavy (non-hydrogen) atoms. The van der Waals surface area contributed by atoms with Crippen LogP contribution >= 0.6 is 11.3 Å². The maximum absolute atomic E-state index is 12.5. The van der Waals surface area contributed by atoms with E-state index in [0.717, 1.165) is 23.7 Å². The third-order valence-corrected chi connectivity index (χ3v) is 5.07. The van der Waals surface area contributed by atoms with Crippen LogP contribution in [0.25, 0.3) is 0 Å². The Kier molecular flexibility index (Phi) is 5.60. The topological polar surface area (TPSA) is 45.7 Å². The molecule has 6 heteroatoms. The maximum atomic E-state index is 12.5. The van der Waals surface area contributed by atoms with E-state index in [0.29, 0.717) is 19.7 Å². The van der Waals surface area contributed by atoms with Crippen LogP contribution in [0, 0.1) is 6.92 Å². The molecule has 1 fully saturated rings. The molecule has 0 radical (unpaired) electrons. The van der Waals surface area contributed by atoms with Gasteiger partial charge >= 0.3 is 0 Å². The van der Waals surface area contributed by atoms with E-state index in [4.69, 9.17) is 4.74 Å². The lowest BCUT2D eigenvalue weighted by Gasteiger charge is -2.32. The largest absolute Gasteiger partial charge is 0.368 e. The second kappa shape index (κ2) is 7.88. The molecule has 3 rings (SSSR count). The molecule has 1 aliphatic rings. The molecule has 5 nitrogen and oxygen atoms in total. The predicted octanol–water partition coefficient (Wildman–Crippen LogP) is 2.48. The van der Waals surface area contributed by atoms with Crippen LogP contribution in [0.5, 0.6) is 0 Å². The van der Waals surface area contributed by atoms with Gasteiger partial charge in [-0.05, 0) is 12.5 Å². The highest BCUT2D eigenvalue weighted by Gasteiger charge is 2.25. The number of benzene rings is 1. The summed E-state index contributed by atoms with van der Waals surface area (Å²) in [4.78, 5) is 20.8. The minimum Gasteiger partial charge on any atom is -0.368 e. The lowest BCUT2D eigenvalue weighted by atomic mass is 10.1. The summed E-state index contributed by atoms with van der Waals surface area (Å²) in [7, 11) is 1.86. The van der Waals surface area contributed by atoms with E-state index in [1.54, 1.807) is 22.4 Å². The lowest BCUT2D eigenvalue weighted by Crippen LogP contribution is -2.44. The smallest absolute Gasteiger partial charge is 0.236 e. The van der Waals surface area contributed by atoms with E-state index in [9.17, 15) is 4.79 Å². The molecule has 1 saturated heterocycles. The van der Waals surface area contributed by atoms with Gasteiger partial charge in [-0.2, -0.15) is 0 Å². The summed E-state index contributed by atoms with van der Waals surface area (Å²) in [6, 6.07) is 8.31. The van der Waals surface area contributed by atoms with Gasteiger partial charge in [0.25, 0.3) is 0 Å². The average Bonchev–Trinajstić information content (AvgIpc) is 3.12. The standard InChI is InChI=1S/C18H23N3O2S/c1-14-3-5-15(6-4-14)11-20(2)17(22)13-21-8-9-23-16(12-21)18-19-7-10-24-18/h3-7,10,16H,8-9,11-13H2,1-2H3. The normalized spacial score (nSPS) is 18.5. The van der Waals surface area contributed by atoms with Crippen LogP contribution < -0.4 is 0 Å². The fourth-order valence-corrected chi connectivity index (χ4v) is 3.43. The molecule has 0 N–H and O–H groups in total. The van der Waals surface area contributed by atoms with Crippen molar-refractivity contribution >= 4 is 17.2 Å². The van der Waals surface area contributed by atoms with Crippen molar-refractivity contribution in [2.24, 2.45) is 0 Å². The molecule has 1 aliphatic heterocycles. The average molecular weight is 345 g/mol. The summed E-state index contributed by atoms with van der Waals surface area (Å²) < 4.78 is 5.78. The molecule has 2 aromatic rings. The molecule has 128 valence electrons. The molecule has 0 saturated carbocycles. The second-order valence-corrected chi connectivity index (χ2v) is 7.13. The highest BCUT2D eigenvalue weighted by atomic mass is 32.1. The predicted molar refractivity (Wildman–Crippen MR) is 94.9 cm³/mol. The Morgan fingerprint density at radius 1 is 1.42 bits per heavy atom. The number of hydrogen-bond acceptors (Lipinski definition) is 5. The first kappa shape index (κ1) is 17.1. The van der Waals surface area contributed by atoms with E-state index in [1.807, 2.05) is 12.4 Å². The number of amides is 1. The maximum Gasteiger partial charge on any atom is 0.236 e. The molecular weight excluding hydrogens is 322 g/mol. The van der Waals surface area contributed by atoms with Gasteiger partial charge in [-0.25, -0.2) is 4.98 Å². The second-order valence-electron chi connectivity index (χ2n) is 6.20. The van der Waals surface area contributed by atoms with Crippen molar-refractivity contribution in [2.75, 3.05) is 33.3 Å². The first-order chi connectivity index (χ1) is 11.6. The van der Waals surface area contributed by atoms with Crippen molar-refractivity contribution in [3.8, 4) is 0 Å². The van der Waals surface area contributed by atoms with Crippen LogP contribution in [-0.4, -0.2) is 54.0 Å². The quantitative estimate of drug-likeness (QED) is 0.835. The number of carbonyl (C=O) groups excluding carboxylic acids is 1. The minimum atomic E-state index is -0.0195. The fourth-order valence-electron chi connectivity index (χ4n) is 2.76. The zero-order chi connectivity index (χ0) is 16.9. The Hall–Kier alpha value is -1.76. The monoisotopic (exact) mass is 345 g/mol. The Balaban J connectivity index is 1.52. The number of nitrogens with zero attached hydrogens (tertiary/aromatic N) is 3. The number of likely N-dealkylation sites (N-methyl/N-ethyl adjacent to an activating group) is 1. The Labute approximate surface area is 146 Å². The van der Waals surface area contributed by atoms with E-state index in [-0.39, 0.29) is 12.0 Å². The Morgan fingerprint density at radius 3 is 2.92 bits per heavy atom. The molecule has 0 aliphatic carbocycles. The van der Waals surface area contributed by atoms with Crippen molar-refractivity contribution in [3.63, 3.8) is 0 Å². The summed E-state index contributed by atoms with van der Waals surface area (Å²) in [5.74, 6) is 0.135. The van der Waals surface area contributed by atoms with Crippen molar-refractivity contribution in [1.82, 2.24) is 14.8 Å². The first-order valence-corrected chi connectivity index (χ1v) is 9.02. The van der Waals surface area contributed by atoms with Gasteiger partial charge in [-0.1, -0.05) is 29.8 Å². The van der Waals surface area contributed by atoms with E-state index < -0.39 is 0 Å². The van der Waals surface area contributed by atoms with Crippen LogP contribution in [0.3, 0.4) is 0 Å². The number of morpholine rings is 1. The van der Waals surface area contributed by atoms with E-state index in [2.05, 4.69) is 41.1 Å². The highest BCUT2D eigenvalue weighted by Crippen LogP contribution is 2.23. The SMILES string of the molecule is Cc1ccc(CN(C)C(=O)CN2CCOC(c3nccs3)C2)cc1. The van der Waals surface area contributed by atoms with Gasteiger partial charge < -0.3 is 9.64 Å². The summed E-state index contributed by atoms with van der Waals surface area (Å²) in [6.45, 7) is 5.27. The zero-order valence-electron chi connectivity index (χ0n) is 14.1. The Bertz CT molecular complexity index is 657. The third kappa shape index (κ3) is 4.41. The highest BCUT2D eigenvalue weighted by molar-refractivity contribution is 7.09. The van der Waals surface area contributed by atoms with Crippen LogP contribution in [0.1, 0.15) is 22.2 Å². The zero-order valence-corrected chi connectivity index (χ0v) is 15.0. The molecule has 0 bridgehead atoms. The number of thiazole rings is 1. The fraction of sp³-hybridized carbons (Fsp3) is 0.444. The van der Waals surface area contributed by atoms with Crippen LogP contribution in [0.15, 0.2) is 35.8 Å². The molecule has 1 aromatic carbocycles. The number of ether oxygens (including phenoxy) is 1. The van der Waals surface area contributed by atoms with Crippen molar-refractivity contribution in [1.29, 1.82) is 0 Å². The molecule has 0 spiro atoms. The van der Waals surface area contributed by atoms with Gasteiger partial charge in [0.2, 0.25) is 5.91 Å². The number of aryl methyl sites for hydroxylation is 1. The molecular formula is C18H23N3O2S. The summed E-state index contributed by atoms with van der Waals surface area (Å²) in [5.41, 5.74) is 2.38. The van der Waals surface area contributed by atoms with Gasteiger partial charge in [0.15, 0.2) is 0 Å². The summed E-state index contributed by atoms with van der Waals surface area (Å²) >= 11 is 1.60. The third-order valence-electron chi connectivity index (χ3n) is 4.20. The lowest BCUT2D eigenvalue weighted by molar-refractivity contribution is -0.133. The summed E-state index contributed by atoms with van der Waals surface area (Å²) in [6.07, 6.45) is 1.77. The molecule has 1 aromatic heterocycles.